The lowest BCUT2D eigenvalue weighted by Gasteiger charge is -2.15. The molecule has 3 aromatic rings. The number of nitrogens with zero attached hydrogens (tertiary/aromatic N) is 4. The van der Waals surface area contributed by atoms with Crippen LogP contribution >= 0.6 is 0 Å². The van der Waals surface area contributed by atoms with E-state index in [4.69, 9.17) is 0 Å². The summed E-state index contributed by atoms with van der Waals surface area (Å²) >= 11 is 0. The van der Waals surface area contributed by atoms with E-state index < -0.39 is 22.6 Å². The Labute approximate surface area is 128 Å². The van der Waals surface area contributed by atoms with Crippen molar-refractivity contribution in [1.29, 1.82) is 0 Å². The van der Waals surface area contributed by atoms with Crippen LogP contribution in [0.1, 0.15) is 18.5 Å². The van der Waals surface area contributed by atoms with Crippen LogP contribution in [0, 0.1) is 21.7 Å². The molecule has 0 spiro atoms. The zero-order chi connectivity index (χ0) is 16.6. The van der Waals surface area contributed by atoms with Crippen LogP contribution in [-0.4, -0.2) is 19.5 Å². The Morgan fingerprint density at radius 1 is 1.35 bits per heavy atom. The van der Waals surface area contributed by atoms with Gasteiger partial charge >= 0.3 is 5.69 Å². The summed E-state index contributed by atoms with van der Waals surface area (Å²) in [6.45, 7) is 1.63. The van der Waals surface area contributed by atoms with Gasteiger partial charge in [0, 0.05) is 11.8 Å². The summed E-state index contributed by atoms with van der Waals surface area (Å²) in [4.78, 5) is 14.4. The Kier molecular flexibility index (Phi) is 3.61. The highest BCUT2D eigenvalue weighted by atomic mass is 19.1. The quantitative estimate of drug-likeness (QED) is 0.590. The number of nitro groups is 1. The number of hydrogen-bond donors (Lipinski definition) is 1. The second kappa shape index (κ2) is 5.59. The number of anilines is 1. The molecule has 0 saturated heterocycles. The maximum Gasteiger partial charge on any atom is 0.333 e. The molecule has 0 unspecified atom stereocenters. The number of aromatic nitrogens is 3. The van der Waals surface area contributed by atoms with Gasteiger partial charge in [-0.3, -0.25) is 10.1 Å². The van der Waals surface area contributed by atoms with E-state index in [1.165, 1.54) is 16.8 Å². The molecule has 0 fully saturated rings. The average Bonchev–Trinajstić information content (AvgIpc) is 2.93. The van der Waals surface area contributed by atoms with Crippen LogP contribution < -0.4 is 5.32 Å². The maximum atomic E-state index is 13.8. The Balaban J connectivity index is 1.93. The Morgan fingerprint density at radius 2 is 2.13 bits per heavy atom. The van der Waals surface area contributed by atoms with Crippen LogP contribution in [0.4, 0.5) is 20.3 Å². The third kappa shape index (κ3) is 2.80. The van der Waals surface area contributed by atoms with E-state index in [0.717, 1.165) is 24.4 Å². The summed E-state index contributed by atoms with van der Waals surface area (Å²) in [5.74, 6) is -0.815. The van der Waals surface area contributed by atoms with E-state index in [-0.39, 0.29) is 22.7 Å². The van der Waals surface area contributed by atoms with Gasteiger partial charge in [0.15, 0.2) is 0 Å². The van der Waals surface area contributed by atoms with Gasteiger partial charge in [-0.1, -0.05) is 0 Å². The number of rotatable bonds is 4. The van der Waals surface area contributed by atoms with Gasteiger partial charge in [0.1, 0.15) is 23.6 Å². The van der Waals surface area contributed by atoms with Crippen molar-refractivity contribution in [3.8, 4) is 0 Å². The largest absolute Gasteiger partial charge is 0.363 e. The number of fused-ring (bicyclic) bond motifs is 1. The number of benzene rings is 1. The molecule has 7 nitrogen and oxygen atoms in total. The molecule has 0 bridgehead atoms. The van der Waals surface area contributed by atoms with Gasteiger partial charge in [0.25, 0.3) is 0 Å². The molecule has 3 rings (SSSR count). The molecule has 1 aromatic carbocycles. The minimum absolute atomic E-state index is 0.0620. The number of nitrogens with one attached hydrogen (secondary N) is 1. The Morgan fingerprint density at radius 3 is 2.87 bits per heavy atom. The van der Waals surface area contributed by atoms with Gasteiger partial charge < -0.3 is 5.32 Å². The summed E-state index contributed by atoms with van der Waals surface area (Å²) in [7, 11) is 0. The van der Waals surface area contributed by atoms with Crippen LogP contribution in [0.2, 0.25) is 0 Å². The fourth-order valence-corrected chi connectivity index (χ4v) is 2.21. The predicted molar refractivity (Wildman–Crippen MR) is 78.0 cm³/mol. The number of hydrogen-bond acceptors (Lipinski definition) is 5. The molecule has 0 aliphatic heterocycles. The zero-order valence-electron chi connectivity index (χ0n) is 11.9. The Bertz CT molecular complexity index is 896. The maximum absolute atomic E-state index is 13.8. The molecule has 0 aliphatic carbocycles. The molecule has 0 amide bonds. The first-order valence-corrected chi connectivity index (χ1v) is 6.66. The summed E-state index contributed by atoms with van der Waals surface area (Å²) in [5, 5.41) is 17.6. The van der Waals surface area contributed by atoms with Gasteiger partial charge in [0.2, 0.25) is 5.65 Å². The van der Waals surface area contributed by atoms with Crippen molar-refractivity contribution in [3.05, 3.63) is 64.0 Å². The van der Waals surface area contributed by atoms with Crippen LogP contribution in [0.5, 0.6) is 0 Å². The topological polar surface area (TPSA) is 85.4 Å². The second-order valence-corrected chi connectivity index (χ2v) is 4.90. The van der Waals surface area contributed by atoms with Crippen LogP contribution in [0.25, 0.3) is 5.65 Å². The van der Waals surface area contributed by atoms with E-state index in [9.17, 15) is 18.9 Å². The standard InChI is InChI=1S/C14H11F2N5O2/c1-8(10-6-9(15)2-3-11(10)16)18-13-4-5-20-14(19-13)12(7-17-20)21(22)23/h2-8H,1H3,(H,18,19)/t8-/m1/s1. The number of halogens is 2. The molecule has 0 saturated carbocycles. The third-order valence-corrected chi connectivity index (χ3v) is 3.34. The molecular weight excluding hydrogens is 308 g/mol. The van der Waals surface area contributed by atoms with Gasteiger partial charge in [-0.05, 0) is 31.2 Å². The monoisotopic (exact) mass is 319 g/mol. The summed E-state index contributed by atoms with van der Waals surface area (Å²) < 4.78 is 28.3. The molecular formula is C14H11F2N5O2. The molecule has 1 N–H and O–H groups in total. The molecule has 9 heteroatoms. The lowest BCUT2D eigenvalue weighted by atomic mass is 10.1. The van der Waals surface area contributed by atoms with Crippen LogP contribution in [-0.2, 0) is 0 Å². The molecule has 118 valence electrons. The van der Waals surface area contributed by atoms with E-state index in [1.54, 1.807) is 6.92 Å². The van der Waals surface area contributed by atoms with Gasteiger partial charge in [-0.15, -0.1) is 0 Å². The average molecular weight is 319 g/mol. The lowest BCUT2D eigenvalue weighted by Crippen LogP contribution is -2.10. The van der Waals surface area contributed by atoms with Gasteiger partial charge in [-0.25, -0.2) is 18.3 Å². The van der Waals surface area contributed by atoms with Crippen LogP contribution in [0.15, 0.2) is 36.7 Å². The summed E-state index contributed by atoms with van der Waals surface area (Å²) in [6.07, 6.45) is 2.59. The van der Waals surface area contributed by atoms with Crippen molar-refractivity contribution in [3.63, 3.8) is 0 Å². The van der Waals surface area contributed by atoms with Crippen molar-refractivity contribution in [2.75, 3.05) is 5.32 Å². The highest BCUT2D eigenvalue weighted by molar-refractivity contribution is 5.60. The zero-order valence-corrected chi connectivity index (χ0v) is 11.9. The van der Waals surface area contributed by atoms with Crippen molar-refractivity contribution in [1.82, 2.24) is 14.6 Å². The van der Waals surface area contributed by atoms with Crippen molar-refractivity contribution < 1.29 is 13.7 Å². The van der Waals surface area contributed by atoms with Gasteiger partial charge in [-0.2, -0.15) is 5.10 Å². The molecule has 1 atom stereocenters. The van der Waals surface area contributed by atoms with Crippen molar-refractivity contribution in [2.24, 2.45) is 0 Å². The highest BCUT2D eigenvalue weighted by Crippen LogP contribution is 2.23. The van der Waals surface area contributed by atoms with E-state index in [0.29, 0.717) is 0 Å². The lowest BCUT2D eigenvalue weighted by molar-refractivity contribution is -0.383. The summed E-state index contributed by atoms with van der Waals surface area (Å²) in [5.41, 5.74) is -0.0418. The normalized spacial score (nSPS) is 12.3. The SMILES string of the molecule is C[C@@H](Nc1ccn2ncc([N+](=O)[O-])c2n1)c1cc(F)ccc1F. The van der Waals surface area contributed by atoms with E-state index >= 15 is 0 Å². The third-order valence-electron chi connectivity index (χ3n) is 3.34. The fourth-order valence-electron chi connectivity index (χ4n) is 2.21. The van der Waals surface area contributed by atoms with E-state index in [2.05, 4.69) is 15.4 Å². The molecule has 23 heavy (non-hydrogen) atoms. The second-order valence-electron chi connectivity index (χ2n) is 4.90. The molecule has 2 aromatic heterocycles. The predicted octanol–water partition coefficient (Wildman–Crippen LogP) is 3.09. The smallest absolute Gasteiger partial charge is 0.333 e. The van der Waals surface area contributed by atoms with Crippen molar-refractivity contribution >= 4 is 17.2 Å². The summed E-state index contributed by atoms with van der Waals surface area (Å²) in [6, 6.07) is 4.12. The molecule has 2 heterocycles. The first-order chi connectivity index (χ1) is 11.0. The first-order valence-electron chi connectivity index (χ1n) is 6.66. The molecule has 0 radical (unpaired) electrons. The first kappa shape index (κ1) is 14.8. The van der Waals surface area contributed by atoms with Gasteiger partial charge in [0.05, 0.1) is 11.0 Å². The van der Waals surface area contributed by atoms with Crippen molar-refractivity contribution in [2.45, 2.75) is 13.0 Å². The molecule has 0 aliphatic rings. The Hall–Kier alpha value is -3.10. The highest BCUT2D eigenvalue weighted by Gasteiger charge is 2.18. The minimum Gasteiger partial charge on any atom is -0.363 e. The minimum atomic E-state index is -0.589. The fraction of sp³-hybridized carbons (Fsp3) is 0.143. The van der Waals surface area contributed by atoms with E-state index in [1.807, 2.05) is 0 Å². The van der Waals surface area contributed by atoms with Crippen LogP contribution in [0.3, 0.4) is 0 Å².